The Kier molecular flexibility index (Phi) is 9.53. The third-order valence-electron chi connectivity index (χ3n) is 6.15. The van der Waals surface area contributed by atoms with Gasteiger partial charge in [0.15, 0.2) is 5.76 Å². The summed E-state index contributed by atoms with van der Waals surface area (Å²) in [5.41, 5.74) is 2.22. The Labute approximate surface area is 248 Å². The lowest BCUT2D eigenvalue weighted by molar-refractivity contribution is -0.270. The van der Waals surface area contributed by atoms with Crippen LogP contribution in [0.2, 0.25) is 0 Å². The van der Waals surface area contributed by atoms with Crippen LogP contribution in [0.4, 0.5) is 0 Å². The molecule has 0 fully saturated rings. The van der Waals surface area contributed by atoms with Crippen molar-refractivity contribution < 1.29 is 19.1 Å². The minimum absolute atomic E-state index is 0.213. The molecule has 0 aromatic heterocycles. The van der Waals surface area contributed by atoms with Crippen molar-refractivity contribution in [2.75, 3.05) is 6.61 Å². The molecule has 1 aliphatic carbocycles. The normalized spacial score (nSPS) is 11.4. The molecule has 2 aliphatic rings. The van der Waals surface area contributed by atoms with E-state index < -0.39 is 5.97 Å². The smallest absolute Gasteiger partial charge is 0.338 e. The number of esters is 1. The van der Waals surface area contributed by atoms with E-state index in [0.717, 1.165) is 19.3 Å². The molecule has 0 saturated heterocycles. The summed E-state index contributed by atoms with van der Waals surface area (Å²) in [7, 11) is 0. The number of carbonyl (C=O) groups is 1. The Morgan fingerprint density at radius 2 is 1.62 bits per heavy atom. The van der Waals surface area contributed by atoms with Crippen molar-refractivity contribution in [2.45, 2.75) is 45.4 Å². The molecule has 2 aromatic carbocycles. The van der Waals surface area contributed by atoms with Crippen LogP contribution in [0, 0.1) is 0 Å². The van der Waals surface area contributed by atoms with Gasteiger partial charge in [0, 0.05) is 21.0 Å². The van der Waals surface area contributed by atoms with E-state index in [1.807, 2.05) is 12.1 Å². The van der Waals surface area contributed by atoms with Gasteiger partial charge in [0.1, 0.15) is 10.1 Å². The van der Waals surface area contributed by atoms with Crippen LogP contribution in [0.15, 0.2) is 63.5 Å². The standard InChI is InChI=1S/C28H24Br4O5/c1-2-3-4-5-6-9-12-36-28(35)16-11-8-7-10-15(16)21-17-13-19(29)24(33)22(31)26(17)37-27-18(21)14-20(30)25(34)23(27)32/h7-8,10-11,13-14,33H,2-6,9,12H2,1H3/p-1. The molecule has 1 aliphatic heterocycles. The van der Waals surface area contributed by atoms with Crippen LogP contribution in [-0.4, -0.2) is 12.6 Å². The number of benzene rings is 3. The van der Waals surface area contributed by atoms with E-state index in [0.29, 0.717) is 43.2 Å². The van der Waals surface area contributed by atoms with Gasteiger partial charge in [0.25, 0.3) is 0 Å². The predicted octanol–water partition coefficient (Wildman–Crippen LogP) is 9.21. The quantitative estimate of drug-likeness (QED) is 0.0967. The average Bonchev–Trinajstić information content (AvgIpc) is 2.89. The number of unbranched alkanes of at least 4 members (excludes halogenated alkanes) is 5. The first kappa shape index (κ1) is 28.3. The number of rotatable bonds is 9. The van der Waals surface area contributed by atoms with Crippen LogP contribution in [0.25, 0.3) is 33.4 Å². The van der Waals surface area contributed by atoms with E-state index in [4.69, 9.17) is 9.15 Å². The molecule has 9 heteroatoms. The summed E-state index contributed by atoms with van der Waals surface area (Å²) in [6.07, 6.45) is 6.56. The van der Waals surface area contributed by atoms with Gasteiger partial charge in [-0.1, -0.05) is 78.9 Å². The number of hydrogen-bond acceptors (Lipinski definition) is 5. The van der Waals surface area contributed by atoms with Gasteiger partial charge in [0.05, 0.1) is 21.1 Å². The molecule has 0 N–H and O–H groups in total. The van der Waals surface area contributed by atoms with Crippen LogP contribution in [-0.2, 0) is 4.74 Å². The molecular formula is C28H23Br4O5-. The molecule has 0 spiro atoms. The Balaban J connectivity index is 1.84. The Morgan fingerprint density at radius 1 is 0.919 bits per heavy atom. The lowest BCUT2D eigenvalue weighted by atomic mass is 9.91. The molecule has 0 saturated carbocycles. The van der Waals surface area contributed by atoms with Gasteiger partial charge in [0.2, 0.25) is 5.43 Å². The monoisotopic (exact) mass is 755 g/mol. The maximum absolute atomic E-state index is 13.2. The van der Waals surface area contributed by atoms with Crippen LogP contribution in [0.5, 0.6) is 5.75 Å². The SMILES string of the molecule is CCCCCCCCOC(=O)c1ccccc1-c1c2cc(Br)c(=O)c(Br)c-2oc2c(Br)c([O-])c(Br)cc12. The van der Waals surface area contributed by atoms with Crippen molar-refractivity contribution in [3.8, 4) is 28.2 Å². The minimum Gasteiger partial charge on any atom is -0.871 e. The summed E-state index contributed by atoms with van der Waals surface area (Å²) in [5, 5.41) is 13.3. The first-order chi connectivity index (χ1) is 17.8. The highest BCUT2D eigenvalue weighted by Gasteiger charge is 2.26. The van der Waals surface area contributed by atoms with Crippen LogP contribution >= 0.6 is 63.7 Å². The highest BCUT2D eigenvalue weighted by molar-refractivity contribution is 9.11. The molecule has 0 radical (unpaired) electrons. The van der Waals surface area contributed by atoms with E-state index in [1.165, 1.54) is 19.3 Å². The molecule has 1 heterocycles. The van der Waals surface area contributed by atoms with Gasteiger partial charge in [-0.2, -0.15) is 0 Å². The molecule has 0 atom stereocenters. The molecule has 2 aromatic rings. The Hall–Kier alpha value is -1.68. The second-order valence-corrected chi connectivity index (χ2v) is 12.0. The molecule has 194 valence electrons. The third kappa shape index (κ3) is 5.84. The zero-order chi connectivity index (χ0) is 26.7. The number of hydrogen-bond donors (Lipinski definition) is 0. The van der Waals surface area contributed by atoms with Crippen molar-refractivity contribution in [1.29, 1.82) is 0 Å². The fraction of sp³-hybridized carbons (Fsp3) is 0.286. The summed E-state index contributed by atoms with van der Waals surface area (Å²) in [6, 6.07) is 10.5. The Bertz CT molecular complexity index is 1490. The number of ether oxygens (including phenoxy) is 1. The first-order valence-corrected chi connectivity index (χ1v) is 15.1. The fourth-order valence-corrected chi connectivity index (χ4v) is 6.68. The zero-order valence-electron chi connectivity index (χ0n) is 20.0. The van der Waals surface area contributed by atoms with Crippen molar-refractivity contribution in [3.05, 3.63) is 70.1 Å². The topological polar surface area (TPSA) is 79.6 Å². The molecule has 0 unspecified atom stereocenters. The largest absolute Gasteiger partial charge is 0.871 e. The van der Waals surface area contributed by atoms with E-state index >= 15 is 0 Å². The van der Waals surface area contributed by atoms with Crippen molar-refractivity contribution >= 4 is 80.7 Å². The van der Waals surface area contributed by atoms with Gasteiger partial charge in [-0.15, -0.1) is 0 Å². The summed E-state index contributed by atoms with van der Waals surface area (Å²) in [5.74, 6) is -0.444. The predicted molar refractivity (Wildman–Crippen MR) is 158 cm³/mol. The fourth-order valence-electron chi connectivity index (χ4n) is 4.28. The molecule has 0 amide bonds. The minimum atomic E-state index is -0.427. The van der Waals surface area contributed by atoms with Crippen molar-refractivity contribution in [1.82, 2.24) is 0 Å². The number of fused-ring (bicyclic) bond motifs is 2. The zero-order valence-corrected chi connectivity index (χ0v) is 26.3. The van der Waals surface area contributed by atoms with Gasteiger partial charge < -0.3 is 14.3 Å². The lowest BCUT2D eigenvalue weighted by Gasteiger charge is -2.21. The molecule has 4 rings (SSSR count). The number of halogens is 4. The third-order valence-corrected chi connectivity index (χ3v) is 8.77. The highest BCUT2D eigenvalue weighted by atomic mass is 79.9. The highest BCUT2D eigenvalue weighted by Crippen LogP contribution is 2.48. The molecule has 0 bridgehead atoms. The Morgan fingerprint density at radius 3 is 2.38 bits per heavy atom. The summed E-state index contributed by atoms with van der Waals surface area (Å²) in [4.78, 5) is 25.9. The van der Waals surface area contributed by atoms with Crippen LogP contribution in [0.3, 0.4) is 0 Å². The van der Waals surface area contributed by atoms with E-state index in [-0.39, 0.29) is 31.5 Å². The van der Waals surface area contributed by atoms with E-state index in [1.54, 1.807) is 24.3 Å². The van der Waals surface area contributed by atoms with Gasteiger partial charge in [-0.3, -0.25) is 4.79 Å². The molecule has 37 heavy (non-hydrogen) atoms. The van der Waals surface area contributed by atoms with Gasteiger partial charge in [-0.05, 0) is 78.0 Å². The van der Waals surface area contributed by atoms with Crippen LogP contribution in [0.1, 0.15) is 55.8 Å². The van der Waals surface area contributed by atoms with Gasteiger partial charge in [-0.25, -0.2) is 4.79 Å². The second kappa shape index (κ2) is 12.5. The maximum Gasteiger partial charge on any atom is 0.338 e. The first-order valence-electron chi connectivity index (χ1n) is 12.0. The van der Waals surface area contributed by atoms with Crippen molar-refractivity contribution in [3.63, 3.8) is 0 Å². The maximum atomic E-state index is 13.2. The molecular weight excluding hydrogens is 736 g/mol. The summed E-state index contributed by atoms with van der Waals surface area (Å²) in [6.45, 7) is 2.53. The lowest BCUT2D eigenvalue weighted by Crippen LogP contribution is -2.10. The summed E-state index contributed by atoms with van der Waals surface area (Å²) >= 11 is 13.4. The summed E-state index contributed by atoms with van der Waals surface area (Å²) < 4.78 is 12.9. The van der Waals surface area contributed by atoms with Crippen molar-refractivity contribution in [2.24, 2.45) is 0 Å². The second-order valence-electron chi connectivity index (χ2n) is 8.68. The van der Waals surface area contributed by atoms with Crippen LogP contribution < -0.4 is 10.5 Å². The van der Waals surface area contributed by atoms with E-state index in [2.05, 4.69) is 70.6 Å². The molecule has 5 nitrogen and oxygen atoms in total. The van der Waals surface area contributed by atoms with E-state index in [9.17, 15) is 14.7 Å². The average molecular weight is 759 g/mol. The van der Waals surface area contributed by atoms with Gasteiger partial charge >= 0.3 is 5.97 Å². The number of carbonyl (C=O) groups excluding carboxylic acids is 1.